The molecule has 1 aliphatic rings. The van der Waals surface area contributed by atoms with E-state index in [1.807, 2.05) is 0 Å². The van der Waals surface area contributed by atoms with Crippen LogP contribution < -0.4 is 0 Å². The standard InChI is InChI=1S/C9H10FNO/c1-3-9-8(10)5-4-6-11(9)7(2)12/h3-6H,1-2H3/b9-3-. The Labute approximate surface area is 70.7 Å². The maximum Gasteiger partial charge on any atom is 0.228 e. The third-order valence-corrected chi connectivity index (χ3v) is 1.59. The van der Waals surface area contributed by atoms with Gasteiger partial charge in [-0.25, -0.2) is 4.39 Å². The van der Waals surface area contributed by atoms with Crippen molar-refractivity contribution in [1.29, 1.82) is 0 Å². The van der Waals surface area contributed by atoms with Gasteiger partial charge in [-0.3, -0.25) is 9.69 Å². The Hall–Kier alpha value is -1.38. The number of allylic oxidation sites excluding steroid dienone is 4. The van der Waals surface area contributed by atoms with E-state index in [4.69, 9.17) is 0 Å². The molecule has 0 saturated heterocycles. The van der Waals surface area contributed by atoms with E-state index in [0.717, 1.165) is 0 Å². The van der Waals surface area contributed by atoms with Crippen molar-refractivity contribution in [2.24, 2.45) is 0 Å². The fourth-order valence-electron chi connectivity index (χ4n) is 1.05. The molecule has 0 atom stereocenters. The number of carbonyl (C=O) groups is 1. The predicted octanol–water partition coefficient (Wildman–Crippen LogP) is 2.12. The Morgan fingerprint density at radius 2 is 2.33 bits per heavy atom. The van der Waals surface area contributed by atoms with Crippen molar-refractivity contribution in [2.75, 3.05) is 0 Å². The third-order valence-electron chi connectivity index (χ3n) is 1.59. The van der Waals surface area contributed by atoms with Gasteiger partial charge in [-0.15, -0.1) is 0 Å². The van der Waals surface area contributed by atoms with E-state index in [1.165, 1.54) is 24.0 Å². The minimum absolute atomic E-state index is 0.192. The van der Waals surface area contributed by atoms with Crippen molar-refractivity contribution in [2.45, 2.75) is 13.8 Å². The summed E-state index contributed by atoms with van der Waals surface area (Å²) in [6, 6.07) is 0. The fourth-order valence-corrected chi connectivity index (χ4v) is 1.05. The van der Waals surface area contributed by atoms with Crippen LogP contribution in [-0.4, -0.2) is 10.8 Å². The highest BCUT2D eigenvalue weighted by Gasteiger charge is 2.16. The van der Waals surface area contributed by atoms with Crippen LogP contribution in [-0.2, 0) is 4.79 Å². The van der Waals surface area contributed by atoms with E-state index in [-0.39, 0.29) is 11.7 Å². The molecule has 0 spiro atoms. The highest BCUT2D eigenvalue weighted by atomic mass is 19.1. The largest absolute Gasteiger partial charge is 0.285 e. The molecule has 0 radical (unpaired) electrons. The number of hydrogen-bond acceptors (Lipinski definition) is 1. The molecule has 1 rings (SSSR count). The summed E-state index contributed by atoms with van der Waals surface area (Å²) in [4.78, 5) is 12.2. The Balaban J connectivity index is 3.00. The first-order chi connectivity index (χ1) is 5.66. The second kappa shape index (κ2) is 3.34. The number of nitrogens with zero attached hydrogens (tertiary/aromatic N) is 1. The highest BCUT2D eigenvalue weighted by molar-refractivity contribution is 5.78. The summed E-state index contributed by atoms with van der Waals surface area (Å²) in [6.45, 7) is 3.09. The second-order valence-corrected chi connectivity index (χ2v) is 2.42. The van der Waals surface area contributed by atoms with Crippen molar-refractivity contribution in [1.82, 2.24) is 4.90 Å². The minimum atomic E-state index is -0.379. The van der Waals surface area contributed by atoms with Crippen molar-refractivity contribution in [3.8, 4) is 0 Å². The number of carbonyl (C=O) groups excluding carboxylic acids is 1. The molecule has 0 unspecified atom stereocenters. The summed E-state index contributed by atoms with van der Waals surface area (Å²) in [6.07, 6.45) is 5.94. The summed E-state index contributed by atoms with van der Waals surface area (Å²) in [5.74, 6) is -0.571. The first-order valence-corrected chi connectivity index (χ1v) is 3.67. The first kappa shape index (κ1) is 8.71. The molecule has 0 fully saturated rings. The van der Waals surface area contributed by atoms with E-state index in [2.05, 4.69) is 0 Å². The quantitative estimate of drug-likeness (QED) is 0.541. The lowest BCUT2D eigenvalue weighted by Gasteiger charge is -2.20. The minimum Gasteiger partial charge on any atom is -0.285 e. The van der Waals surface area contributed by atoms with E-state index in [9.17, 15) is 9.18 Å². The molecule has 12 heavy (non-hydrogen) atoms. The molecule has 2 nitrogen and oxygen atoms in total. The summed E-state index contributed by atoms with van der Waals surface area (Å²) < 4.78 is 13.0. The first-order valence-electron chi connectivity index (χ1n) is 3.67. The van der Waals surface area contributed by atoms with Crippen LogP contribution in [0.1, 0.15) is 13.8 Å². The van der Waals surface area contributed by atoms with Gasteiger partial charge < -0.3 is 0 Å². The lowest BCUT2D eigenvalue weighted by Crippen LogP contribution is -2.23. The van der Waals surface area contributed by atoms with Crippen molar-refractivity contribution >= 4 is 5.91 Å². The summed E-state index contributed by atoms with van der Waals surface area (Å²) in [5, 5.41) is 0. The molecule has 0 N–H and O–H groups in total. The number of hydrogen-bond donors (Lipinski definition) is 0. The molecule has 0 aromatic heterocycles. The van der Waals surface area contributed by atoms with Gasteiger partial charge in [0.2, 0.25) is 5.91 Å². The zero-order valence-corrected chi connectivity index (χ0v) is 7.04. The third kappa shape index (κ3) is 1.44. The number of rotatable bonds is 0. The Kier molecular flexibility index (Phi) is 2.43. The van der Waals surface area contributed by atoms with Gasteiger partial charge in [-0.05, 0) is 19.1 Å². The number of halogens is 1. The normalized spacial score (nSPS) is 19.8. The van der Waals surface area contributed by atoms with Gasteiger partial charge in [0.25, 0.3) is 0 Å². The molecular weight excluding hydrogens is 157 g/mol. The molecule has 1 aliphatic heterocycles. The molecular formula is C9H10FNO. The van der Waals surface area contributed by atoms with E-state index in [1.54, 1.807) is 19.2 Å². The molecule has 1 heterocycles. The van der Waals surface area contributed by atoms with Crippen LogP contribution in [0.2, 0.25) is 0 Å². The van der Waals surface area contributed by atoms with Gasteiger partial charge in [0.1, 0.15) is 5.83 Å². The average molecular weight is 167 g/mol. The zero-order chi connectivity index (χ0) is 9.14. The summed E-state index contributed by atoms with van der Waals surface area (Å²) in [5.41, 5.74) is 0.310. The van der Waals surface area contributed by atoms with Crippen LogP contribution in [0.25, 0.3) is 0 Å². The van der Waals surface area contributed by atoms with Gasteiger partial charge in [-0.1, -0.05) is 6.08 Å². The van der Waals surface area contributed by atoms with Crippen LogP contribution >= 0.6 is 0 Å². The smallest absolute Gasteiger partial charge is 0.228 e. The number of amides is 1. The van der Waals surface area contributed by atoms with Crippen LogP contribution in [0.5, 0.6) is 0 Å². The van der Waals surface area contributed by atoms with E-state index >= 15 is 0 Å². The molecule has 0 aromatic carbocycles. The van der Waals surface area contributed by atoms with Gasteiger partial charge in [0, 0.05) is 13.1 Å². The molecule has 1 amide bonds. The predicted molar refractivity (Wildman–Crippen MR) is 44.6 cm³/mol. The van der Waals surface area contributed by atoms with Crippen LogP contribution in [0.3, 0.4) is 0 Å². The van der Waals surface area contributed by atoms with Crippen molar-refractivity contribution < 1.29 is 9.18 Å². The maximum atomic E-state index is 13.0. The monoisotopic (exact) mass is 167 g/mol. The molecule has 0 saturated carbocycles. The summed E-state index contributed by atoms with van der Waals surface area (Å²) in [7, 11) is 0. The molecule has 0 bridgehead atoms. The topological polar surface area (TPSA) is 20.3 Å². The van der Waals surface area contributed by atoms with Gasteiger partial charge in [-0.2, -0.15) is 0 Å². The van der Waals surface area contributed by atoms with Gasteiger partial charge in [0.15, 0.2) is 0 Å². The van der Waals surface area contributed by atoms with Crippen LogP contribution in [0.15, 0.2) is 36.0 Å². The van der Waals surface area contributed by atoms with Gasteiger partial charge >= 0.3 is 0 Å². The SMILES string of the molecule is C/C=C1/C(F)=CC=CN1C(C)=O. The zero-order valence-electron chi connectivity index (χ0n) is 7.04. The molecule has 64 valence electrons. The van der Waals surface area contributed by atoms with E-state index in [0.29, 0.717) is 5.70 Å². The van der Waals surface area contributed by atoms with Crippen molar-refractivity contribution in [3.05, 3.63) is 36.0 Å². The second-order valence-electron chi connectivity index (χ2n) is 2.42. The van der Waals surface area contributed by atoms with Gasteiger partial charge in [0.05, 0.1) is 5.70 Å². The van der Waals surface area contributed by atoms with Crippen LogP contribution in [0.4, 0.5) is 4.39 Å². The summed E-state index contributed by atoms with van der Waals surface area (Å²) >= 11 is 0. The van der Waals surface area contributed by atoms with Crippen LogP contribution in [0, 0.1) is 0 Å². The molecule has 3 heteroatoms. The Morgan fingerprint density at radius 3 is 2.75 bits per heavy atom. The lowest BCUT2D eigenvalue weighted by molar-refractivity contribution is -0.124. The Morgan fingerprint density at radius 1 is 1.67 bits per heavy atom. The fraction of sp³-hybridized carbons (Fsp3) is 0.222. The highest BCUT2D eigenvalue weighted by Crippen LogP contribution is 2.21. The van der Waals surface area contributed by atoms with Crippen molar-refractivity contribution in [3.63, 3.8) is 0 Å². The maximum absolute atomic E-state index is 13.0. The molecule has 0 aromatic rings. The Bertz CT molecular complexity index is 289. The lowest BCUT2D eigenvalue weighted by atomic mass is 10.2. The average Bonchev–Trinajstić information content (AvgIpc) is 2.03. The molecule has 0 aliphatic carbocycles. The van der Waals surface area contributed by atoms with E-state index < -0.39 is 0 Å².